The van der Waals surface area contributed by atoms with Crippen LogP contribution in [0.1, 0.15) is 25.0 Å². The number of nitrogens with zero attached hydrogens (tertiary/aromatic N) is 2. The fourth-order valence-electron chi connectivity index (χ4n) is 9.99. The Hall–Kier alpha value is -7.72. The summed E-state index contributed by atoms with van der Waals surface area (Å²) in [4.78, 5) is 4.87. The highest BCUT2D eigenvalue weighted by Gasteiger charge is 2.37. The molecular formula is C61H44N2S. The second-order valence-corrected chi connectivity index (χ2v) is 18.4. The quantitative estimate of drug-likeness (QED) is 0.150. The minimum Gasteiger partial charge on any atom is -0.310 e. The monoisotopic (exact) mass is 836 g/mol. The number of benzene rings is 10. The Bertz CT molecular complexity index is 3430. The molecule has 0 amide bonds. The van der Waals surface area contributed by atoms with Gasteiger partial charge in [0.2, 0.25) is 0 Å². The van der Waals surface area contributed by atoms with Gasteiger partial charge in [-0.2, -0.15) is 0 Å². The van der Waals surface area contributed by atoms with Crippen LogP contribution in [0.2, 0.25) is 0 Å². The van der Waals surface area contributed by atoms with E-state index >= 15 is 0 Å². The van der Waals surface area contributed by atoms with Crippen molar-refractivity contribution >= 4 is 76.4 Å². The maximum atomic E-state index is 2.47. The molecule has 10 aromatic carbocycles. The van der Waals surface area contributed by atoms with Crippen LogP contribution in [0.3, 0.4) is 0 Å². The molecule has 0 atom stereocenters. The Labute approximate surface area is 378 Å². The lowest BCUT2D eigenvalue weighted by atomic mass is 9.82. The normalized spacial score (nSPS) is 12.7. The van der Waals surface area contributed by atoms with E-state index < -0.39 is 0 Å². The third-order valence-electron chi connectivity index (χ3n) is 13.3. The highest BCUT2D eigenvalue weighted by molar-refractivity contribution is 7.25. The second-order valence-electron chi connectivity index (χ2n) is 17.4. The second kappa shape index (κ2) is 15.3. The van der Waals surface area contributed by atoms with Gasteiger partial charge in [0, 0.05) is 59.4 Å². The van der Waals surface area contributed by atoms with Crippen molar-refractivity contribution in [3.05, 3.63) is 242 Å². The smallest absolute Gasteiger partial charge is 0.0540 e. The van der Waals surface area contributed by atoms with Gasteiger partial charge >= 0.3 is 0 Å². The fourth-order valence-corrected chi connectivity index (χ4v) is 11.1. The summed E-state index contributed by atoms with van der Waals surface area (Å²) >= 11 is 1.87. The summed E-state index contributed by atoms with van der Waals surface area (Å²) in [5.41, 5.74) is 16.6. The van der Waals surface area contributed by atoms with Crippen molar-refractivity contribution in [3.63, 3.8) is 0 Å². The molecule has 11 aromatic rings. The topological polar surface area (TPSA) is 6.48 Å². The van der Waals surface area contributed by atoms with E-state index in [1.807, 2.05) is 11.3 Å². The van der Waals surface area contributed by atoms with Crippen LogP contribution in [0.5, 0.6) is 0 Å². The van der Waals surface area contributed by atoms with Crippen molar-refractivity contribution < 1.29 is 0 Å². The van der Waals surface area contributed by atoms with Gasteiger partial charge < -0.3 is 9.80 Å². The van der Waals surface area contributed by atoms with Gasteiger partial charge in [-0.3, -0.25) is 0 Å². The van der Waals surface area contributed by atoms with E-state index in [0.717, 1.165) is 28.4 Å². The molecule has 2 nitrogen and oxygen atoms in total. The molecule has 0 saturated carbocycles. The lowest BCUT2D eigenvalue weighted by Crippen LogP contribution is -2.17. The van der Waals surface area contributed by atoms with Crippen molar-refractivity contribution in [2.75, 3.05) is 9.80 Å². The minimum atomic E-state index is -0.267. The summed E-state index contributed by atoms with van der Waals surface area (Å²) in [6.07, 6.45) is 0. The van der Waals surface area contributed by atoms with E-state index in [0.29, 0.717) is 0 Å². The van der Waals surface area contributed by atoms with Crippen LogP contribution < -0.4 is 9.80 Å². The molecule has 1 aliphatic rings. The van der Waals surface area contributed by atoms with E-state index in [4.69, 9.17) is 0 Å². The third-order valence-corrected chi connectivity index (χ3v) is 14.4. The molecule has 1 aromatic heterocycles. The molecular weight excluding hydrogens is 793 g/mol. The van der Waals surface area contributed by atoms with Crippen LogP contribution in [0, 0.1) is 0 Å². The number of fused-ring (bicyclic) bond motifs is 7. The molecule has 1 aliphatic carbocycles. The zero-order valence-electron chi connectivity index (χ0n) is 35.7. The molecule has 12 rings (SSSR count). The van der Waals surface area contributed by atoms with E-state index in [1.54, 1.807) is 0 Å². The lowest BCUT2D eigenvalue weighted by Gasteiger charge is -2.30. The molecule has 0 radical (unpaired) electrons. The summed E-state index contributed by atoms with van der Waals surface area (Å²) in [6, 6.07) is 84.6. The summed E-state index contributed by atoms with van der Waals surface area (Å²) < 4.78 is 2.61. The van der Waals surface area contributed by atoms with Crippen LogP contribution in [0.15, 0.2) is 231 Å². The summed E-state index contributed by atoms with van der Waals surface area (Å²) in [7, 11) is 0. The van der Waals surface area contributed by atoms with Crippen molar-refractivity contribution in [1.82, 2.24) is 0 Å². The first-order chi connectivity index (χ1) is 31.5. The average Bonchev–Trinajstić information content (AvgIpc) is 3.83. The molecule has 0 fully saturated rings. The maximum absolute atomic E-state index is 2.47. The van der Waals surface area contributed by atoms with Gasteiger partial charge in [-0.1, -0.05) is 172 Å². The Morgan fingerprint density at radius 1 is 0.328 bits per heavy atom. The van der Waals surface area contributed by atoms with Crippen LogP contribution >= 0.6 is 11.3 Å². The van der Waals surface area contributed by atoms with Gasteiger partial charge in [-0.05, 0) is 123 Å². The third kappa shape index (κ3) is 6.39. The number of hydrogen-bond acceptors (Lipinski definition) is 3. The predicted molar refractivity (Wildman–Crippen MR) is 275 cm³/mol. The standard InChI is InChI=1S/C61H44N2S/c1-61(2)56-38-48(62(46-28-24-43(25-29-46)41-14-5-3-6-15-41)47-30-26-44(27-31-47)42-16-7-4-8-17-42)32-35-52(56)53-36-33-49(39-57(53)61)63(58-22-13-19-45-18-9-10-20-51(45)58)50-34-37-55-54-21-11-12-23-59(54)64-60(55)40-50/h3-40H,1-2H3. The molecule has 1 heterocycles. The first-order valence-electron chi connectivity index (χ1n) is 22.1. The highest BCUT2D eigenvalue weighted by Crippen LogP contribution is 2.53. The van der Waals surface area contributed by atoms with Crippen LogP contribution in [0.4, 0.5) is 34.1 Å². The lowest BCUT2D eigenvalue weighted by molar-refractivity contribution is 0.660. The van der Waals surface area contributed by atoms with Gasteiger partial charge in [0.1, 0.15) is 0 Å². The van der Waals surface area contributed by atoms with Gasteiger partial charge in [0.15, 0.2) is 0 Å². The number of hydrogen-bond donors (Lipinski definition) is 0. The molecule has 0 unspecified atom stereocenters. The fraction of sp³-hybridized carbons (Fsp3) is 0.0492. The van der Waals surface area contributed by atoms with Crippen LogP contribution in [0.25, 0.3) is 64.3 Å². The van der Waals surface area contributed by atoms with Crippen LogP contribution in [-0.4, -0.2) is 0 Å². The van der Waals surface area contributed by atoms with Gasteiger partial charge in [0.05, 0.1) is 5.69 Å². The van der Waals surface area contributed by atoms with E-state index in [-0.39, 0.29) is 5.41 Å². The van der Waals surface area contributed by atoms with E-state index in [2.05, 4.69) is 254 Å². The SMILES string of the molecule is CC1(C)c2cc(N(c3ccc(-c4ccccc4)cc3)c3ccc(-c4ccccc4)cc3)ccc2-c2ccc(N(c3ccc4c(c3)sc3ccccc34)c3cccc4ccccc34)cc21. The predicted octanol–water partition coefficient (Wildman–Crippen LogP) is 17.8. The van der Waals surface area contributed by atoms with Gasteiger partial charge in [-0.25, -0.2) is 0 Å². The van der Waals surface area contributed by atoms with Crippen LogP contribution in [-0.2, 0) is 5.41 Å². The molecule has 304 valence electrons. The van der Waals surface area contributed by atoms with Gasteiger partial charge in [0.25, 0.3) is 0 Å². The molecule has 0 spiro atoms. The largest absolute Gasteiger partial charge is 0.310 e. The number of rotatable bonds is 8. The van der Waals surface area contributed by atoms with E-state index in [1.165, 1.54) is 81.1 Å². The average molecular weight is 837 g/mol. The van der Waals surface area contributed by atoms with Crippen molar-refractivity contribution in [2.24, 2.45) is 0 Å². The van der Waals surface area contributed by atoms with Crippen molar-refractivity contribution in [3.8, 4) is 33.4 Å². The van der Waals surface area contributed by atoms with Crippen molar-refractivity contribution in [2.45, 2.75) is 19.3 Å². The molecule has 0 bridgehead atoms. The summed E-state index contributed by atoms with van der Waals surface area (Å²) in [5, 5.41) is 5.07. The summed E-state index contributed by atoms with van der Waals surface area (Å²) in [6.45, 7) is 4.79. The first-order valence-corrected chi connectivity index (χ1v) is 22.9. The minimum absolute atomic E-state index is 0.267. The van der Waals surface area contributed by atoms with Gasteiger partial charge in [-0.15, -0.1) is 11.3 Å². The zero-order chi connectivity index (χ0) is 42.8. The van der Waals surface area contributed by atoms with Crippen molar-refractivity contribution in [1.29, 1.82) is 0 Å². The van der Waals surface area contributed by atoms with E-state index in [9.17, 15) is 0 Å². The maximum Gasteiger partial charge on any atom is 0.0540 e. The highest BCUT2D eigenvalue weighted by atomic mass is 32.1. The molecule has 3 heteroatoms. The Morgan fingerprint density at radius 3 is 1.41 bits per heavy atom. The zero-order valence-corrected chi connectivity index (χ0v) is 36.6. The first kappa shape index (κ1) is 38.0. The number of thiophene rings is 1. The molecule has 0 N–H and O–H groups in total. The molecule has 0 saturated heterocycles. The Balaban J connectivity index is 0.969. The Morgan fingerprint density at radius 2 is 0.781 bits per heavy atom. The summed E-state index contributed by atoms with van der Waals surface area (Å²) in [5.74, 6) is 0. The number of anilines is 6. The molecule has 0 aliphatic heterocycles. The Kier molecular flexibility index (Phi) is 9.06. The molecule has 64 heavy (non-hydrogen) atoms.